The Morgan fingerprint density at radius 1 is 1.05 bits per heavy atom. The number of rotatable bonds is 13. The molecule has 0 aliphatic heterocycles. The van der Waals surface area contributed by atoms with E-state index in [9.17, 15) is 18.3 Å². The molecule has 0 aliphatic carbocycles. The lowest BCUT2D eigenvalue weighted by atomic mass is 10.1. The Labute approximate surface area is 233 Å². The molecule has 206 valence electrons. The number of hydrogen-bond acceptors (Lipinski definition) is 5. The number of carboxylic acid groups (broad SMARTS) is 1. The van der Waals surface area contributed by atoms with Crippen LogP contribution in [0.1, 0.15) is 18.1 Å². The summed E-state index contributed by atoms with van der Waals surface area (Å²) in [4.78, 5) is 12.1. The van der Waals surface area contributed by atoms with E-state index in [1.54, 1.807) is 13.0 Å². The van der Waals surface area contributed by atoms with E-state index in [0.717, 1.165) is 27.8 Å². The first-order valence-electron chi connectivity index (χ1n) is 12.6. The van der Waals surface area contributed by atoms with Crippen LogP contribution in [0.3, 0.4) is 0 Å². The molecule has 9 heteroatoms. The van der Waals surface area contributed by atoms with E-state index in [1.165, 1.54) is 24.3 Å². The van der Waals surface area contributed by atoms with Gasteiger partial charge in [0.2, 0.25) is 10.0 Å². The van der Waals surface area contributed by atoms with Gasteiger partial charge >= 0.3 is 5.97 Å². The van der Waals surface area contributed by atoms with Crippen molar-refractivity contribution in [2.24, 2.45) is 0 Å². The second-order valence-electron chi connectivity index (χ2n) is 8.95. The Hall–Kier alpha value is -4.52. The van der Waals surface area contributed by atoms with E-state index in [0.29, 0.717) is 18.9 Å². The van der Waals surface area contributed by atoms with Gasteiger partial charge < -0.3 is 19.1 Å². The average molecular weight is 559 g/mol. The minimum atomic E-state index is -4.11. The van der Waals surface area contributed by atoms with Gasteiger partial charge in [0.15, 0.2) is 0 Å². The molecular weight excluding hydrogens is 528 g/mol. The summed E-state index contributed by atoms with van der Waals surface area (Å²) in [5, 5.41) is 10.8. The van der Waals surface area contributed by atoms with Gasteiger partial charge in [-0.25, -0.2) is 8.42 Å². The van der Waals surface area contributed by atoms with E-state index in [2.05, 4.69) is 23.1 Å². The molecule has 0 bridgehead atoms. The first kappa shape index (κ1) is 28.5. The maximum Gasteiger partial charge on any atom is 0.322 e. The van der Waals surface area contributed by atoms with Gasteiger partial charge in [0.25, 0.3) is 0 Å². The van der Waals surface area contributed by atoms with Gasteiger partial charge in [-0.05, 0) is 60.5 Å². The van der Waals surface area contributed by atoms with Crippen molar-refractivity contribution in [2.75, 3.05) is 13.2 Å². The molecule has 8 nitrogen and oxygen atoms in total. The van der Waals surface area contributed by atoms with Crippen LogP contribution in [-0.2, 0) is 27.8 Å². The van der Waals surface area contributed by atoms with Crippen LogP contribution in [0.15, 0.2) is 96.5 Å². The lowest BCUT2D eigenvalue weighted by Crippen LogP contribution is -2.42. The van der Waals surface area contributed by atoms with Crippen molar-refractivity contribution < 1.29 is 27.8 Å². The number of aliphatic carboxylic acids is 1. The number of para-hydroxylation sites is 1. The van der Waals surface area contributed by atoms with Crippen molar-refractivity contribution in [3.63, 3.8) is 0 Å². The third-order valence-electron chi connectivity index (χ3n) is 6.16. The summed E-state index contributed by atoms with van der Waals surface area (Å²) in [6.45, 7) is 6.50. The largest absolute Gasteiger partial charge is 0.490 e. The van der Waals surface area contributed by atoms with Gasteiger partial charge in [-0.15, -0.1) is 5.92 Å². The number of sulfonamides is 1. The number of aromatic nitrogens is 1. The van der Waals surface area contributed by atoms with Crippen LogP contribution >= 0.6 is 0 Å². The average Bonchev–Trinajstić information content (AvgIpc) is 3.29. The molecule has 4 aromatic rings. The molecule has 0 radical (unpaired) electrons. The minimum absolute atomic E-state index is 0.0344. The maximum atomic E-state index is 13.1. The topological polar surface area (TPSA) is 107 Å². The first-order valence-corrected chi connectivity index (χ1v) is 14.1. The molecule has 1 heterocycles. The first-order chi connectivity index (χ1) is 19.3. The fourth-order valence-corrected chi connectivity index (χ4v) is 5.41. The highest BCUT2D eigenvalue weighted by atomic mass is 32.2. The van der Waals surface area contributed by atoms with Crippen LogP contribution in [0.5, 0.6) is 11.5 Å². The predicted octanol–water partition coefficient (Wildman–Crippen LogP) is 4.63. The molecule has 0 aliphatic rings. The zero-order valence-corrected chi connectivity index (χ0v) is 22.9. The molecule has 0 saturated carbocycles. The summed E-state index contributed by atoms with van der Waals surface area (Å²) < 4.78 is 41.5. The van der Waals surface area contributed by atoms with Crippen molar-refractivity contribution >= 4 is 26.9 Å². The van der Waals surface area contributed by atoms with Crippen molar-refractivity contribution in [1.29, 1.82) is 0 Å². The Kier molecular flexibility index (Phi) is 9.27. The number of carbonyl (C=O) groups is 1. The third kappa shape index (κ3) is 7.11. The molecule has 40 heavy (non-hydrogen) atoms. The second-order valence-corrected chi connectivity index (χ2v) is 10.7. The fraction of sp³-hybridized carbons (Fsp3) is 0.194. The summed E-state index contributed by atoms with van der Waals surface area (Å²) in [6.07, 6.45) is 3.53. The van der Waals surface area contributed by atoms with Crippen molar-refractivity contribution in [3.8, 4) is 23.3 Å². The molecule has 3 aromatic carbocycles. The number of fused-ring (bicyclic) bond motifs is 1. The van der Waals surface area contributed by atoms with Crippen LogP contribution in [-0.4, -0.2) is 43.3 Å². The second kappa shape index (κ2) is 13.0. The molecule has 0 saturated heterocycles. The smallest absolute Gasteiger partial charge is 0.322 e. The molecule has 0 spiro atoms. The number of hydrogen-bond donors (Lipinski definition) is 2. The van der Waals surface area contributed by atoms with Crippen LogP contribution in [0.2, 0.25) is 0 Å². The van der Waals surface area contributed by atoms with Gasteiger partial charge in [-0.3, -0.25) is 4.79 Å². The number of carboxylic acids is 1. The summed E-state index contributed by atoms with van der Waals surface area (Å²) in [7, 11) is -4.11. The number of ether oxygens (including phenoxy) is 2. The molecule has 2 N–H and O–H groups in total. The van der Waals surface area contributed by atoms with Gasteiger partial charge in [0.05, 0.1) is 4.90 Å². The van der Waals surface area contributed by atoms with Gasteiger partial charge in [0.1, 0.15) is 30.8 Å². The van der Waals surface area contributed by atoms with Gasteiger partial charge in [-0.2, -0.15) is 4.72 Å². The predicted molar refractivity (Wildman–Crippen MR) is 154 cm³/mol. The molecule has 4 rings (SSSR count). The molecule has 1 atom stereocenters. The van der Waals surface area contributed by atoms with Crippen molar-refractivity contribution in [1.82, 2.24) is 9.29 Å². The summed E-state index contributed by atoms with van der Waals surface area (Å²) in [5.41, 5.74) is 2.67. The van der Waals surface area contributed by atoms with E-state index < -0.39 is 22.0 Å². The number of nitrogens with zero attached hydrogens (tertiary/aromatic N) is 1. The van der Waals surface area contributed by atoms with E-state index in [-0.39, 0.29) is 17.9 Å². The van der Waals surface area contributed by atoms with Crippen LogP contribution in [0, 0.1) is 11.8 Å². The minimum Gasteiger partial charge on any atom is -0.490 e. The third-order valence-corrected chi connectivity index (χ3v) is 7.64. The standard InChI is InChI=1S/C31H30N2O6S/c1-3-5-19-39-26-14-16-27(17-15-26)40(36,37)32-29(31(34)35)20-24-22-33(30-9-7-6-8-28(24)30)21-23-10-12-25(13-11-23)38-18-4-2/h4,6-17,22,29,32H,2,18-21H2,1H3,(H,34,35)/t29-/m1/s1. The normalized spacial score (nSPS) is 11.8. The van der Waals surface area contributed by atoms with Crippen LogP contribution < -0.4 is 14.2 Å². The summed E-state index contributed by atoms with van der Waals surface area (Å²) in [6, 6.07) is 19.7. The number of nitrogens with one attached hydrogen (secondary N) is 1. The zero-order valence-electron chi connectivity index (χ0n) is 22.0. The summed E-state index contributed by atoms with van der Waals surface area (Å²) in [5.74, 6) is 5.41. The molecular formula is C31H30N2O6S. The van der Waals surface area contributed by atoms with E-state index >= 15 is 0 Å². The van der Waals surface area contributed by atoms with Gasteiger partial charge in [-0.1, -0.05) is 48.9 Å². The highest BCUT2D eigenvalue weighted by Crippen LogP contribution is 2.25. The SMILES string of the molecule is C=CCOc1ccc(Cn2cc(C[C@@H](NS(=O)(=O)c3ccc(OCC#CC)cc3)C(=O)O)c3ccccc32)cc1. The quantitative estimate of drug-likeness (QED) is 0.183. The highest BCUT2D eigenvalue weighted by molar-refractivity contribution is 7.89. The summed E-state index contributed by atoms with van der Waals surface area (Å²) >= 11 is 0. The van der Waals surface area contributed by atoms with Crippen molar-refractivity contribution in [3.05, 3.63) is 103 Å². The lowest BCUT2D eigenvalue weighted by molar-refractivity contribution is -0.138. The Bertz CT molecular complexity index is 1650. The molecule has 0 fully saturated rings. The maximum absolute atomic E-state index is 13.1. The van der Waals surface area contributed by atoms with E-state index in [1.807, 2.05) is 59.3 Å². The van der Waals surface area contributed by atoms with Crippen molar-refractivity contribution in [2.45, 2.75) is 30.8 Å². The zero-order chi connectivity index (χ0) is 28.5. The Morgan fingerprint density at radius 2 is 1.73 bits per heavy atom. The Morgan fingerprint density at radius 3 is 2.40 bits per heavy atom. The van der Waals surface area contributed by atoms with Crippen LogP contribution in [0.25, 0.3) is 10.9 Å². The number of benzene rings is 3. The molecule has 1 aromatic heterocycles. The highest BCUT2D eigenvalue weighted by Gasteiger charge is 2.27. The Balaban J connectivity index is 1.53. The fourth-order valence-electron chi connectivity index (χ4n) is 4.22. The monoisotopic (exact) mass is 558 g/mol. The van der Waals surface area contributed by atoms with E-state index in [4.69, 9.17) is 9.47 Å². The lowest BCUT2D eigenvalue weighted by Gasteiger charge is -2.15. The molecule has 0 amide bonds. The molecule has 0 unspecified atom stereocenters. The van der Waals surface area contributed by atoms with Gasteiger partial charge in [0, 0.05) is 30.1 Å². The van der Waals surface area contributed by atoms with Crippen LogP contribution in [0.4, 0.5) is 0 Å².